The van der Waals surface area contributed by atoms with Crippen LogP contribution < -0.4 is 16.4 Å². The molecule has 0 spiro atoms. The lowest BCUT2D eigenvalue weighted by molar-refractivity contribution is -0.160. The number of amides is 3. The van der Waals surface area contributed by atoms with E-state index in [2.05, 4.69) is 15.4 Å². The molecule has 41 heavy (non-hydrogen) atoms. The van der Waals surface area contributed by atoms with E-state index >= 15 is 0 Å². The zero-order valence-electron chi connectivity index (χ0n) is 21.9. The van der Waals surface area contributed by atoms with Gasteiger partial charge >= 0.3 is 6.61 Å². The zero-order chi connectivity index (χ0) is 29.3. The predicted molar refractivity (Wildman–Crippen MR) is 155 cm³/mol. The summed E-state index contributed by atoms with van der Waals surface area (Å²) in [5.74, 6) is -1.70. The summed E-state index contributed by atoms with van der Waals surface area (Å²) in [5, 5.41) is 16.6. The summed E-state index contributed by atoms with van der Waals surface area (Å²) in [6.07, 6.45) is -1.16. The minimum Gasteiger partial charge on any atom is -0.384 e. The van der Waals surface area contributed by atoms with Gasteiger partial charge in [0.05, 0.1) is 18.7 Å². The third kappa shape index (κ3) is 6.21. The average Bonchev–Trinajstić information content (AvgIpc) is 3.68. The molecule has 0 aliphatic carbocycles. The average molecular weight is 600 g/mol. The molecule has 1 saturated heterocycles. The number of rotatable bonds is 9. The van der Waals surface area contributed by atoms with Crippen LogP contribution in [0.4, 0.5) is 8.78 Å². The van der Waals surface area contributed by atoms with Crippen LogP contribution in [0.1, 0.15) is 40.2 Å². The van der Waals surface area contributed by atoms with Gasteiger partial charge in [-0.2, -0.15) is 8.78 Å². The number of likely N-dealkylation sites (tertiary alicyclic amines) is 1. The van der Waals surface area contributed by atoms with E-state index in [0.29, 0.717) is 11.1 Å². The second-order valence-corrected chi connectivity index (χ2v) is 11.7. The Kier molecular flexibility index (Phi) is 8.29. The van der Waals surface area contributed by atoms with Crippen molar-refractivity contribution in [1.29, 1.82) is 5.41 Å². The molecule has 0 bridgehead atoms. The Balaban J connectivity index is 1.26. The van der Waals surface area contributed by atoms with Gasteiger partial charge in [-0.1, -0.05) is 18.2 Å². The van der Waals surface area contributed by atoms with Crippen LogP contribution in [-0.4, -0.2) is 60.3 Å². The molecule has 0 saturated carbocycles. The standard InChI is InChI=1S/C28H27F2N5O4S2/c1-14(23-9-16(13-40-23)25(31)32)34-27(38)20-10-17(39-28(29)30)12-35(20)24(36)11-33-26(37)15-6-7-22-19(8-15)18-4-2-3-5-21(18)41-22/h2-9,13-14,17,20,28H,10-12H2,1H3,(H3,31,32)(H,33,37)(H,34,38)/t14?,17-,20+/m1/s1. The monoisotopic (exact) mass is 599 g/mol. The molecule has 2 aromatic heterocycles. The molecule has 13 heteroatoms. The molecule has 3 atom stereocenters. The number of hydrogen-bond acceptors (Lipinski definition) is 7. The molecule has 2 aromatic carbocycles. The topological polar surface area (TPSA) is 138 Å². The van der Waals surface area contributed by atoms with Crippen molar-refractivity contribution in [1.82, 2.24) is 15.5 Å². The highest BCUT2D eigenvalue weighted by Crippen LogP contribution is 2.34. The third-order valence-electron chi connectivity index (χ3n) is 6.94. The van der Waals surface area contributed by atoms with E-state index in [9.17, 15) is 23.2 Å². The van der Waals surface area contributed by atoms with Gasteiger partial charge in [-0.15, -0.1) is 22.7 Å². The van der Waals surface area contributed by atoms with Crippen LogP contribution in [0.3, 0.4) is 0 Å². The lowest BCUT2D eigenvalue weighted by atomic mass is 10.1. The van der Waals surface area contributed by atoms with Gasteiger partial charge < -0.3 is 26.0 Å². The molecule has 1 unspecified atom stereocenters. The number of thiophene rings is 2. The second-order valence-electron chi connectivity index (χ2n) is 9.69. The summed E-state index contributed by atoms with van der Waals surface area (Å²) >= 11 is 2.93. The summed E-state index contributed by atoms with van der Waals surface area (Å²) in [7, 11) is 0. The zero-order valence-corrected chi connectivity index (χ0v) is 23.5. The number of nitrogen functional groups attached to an aromatic ring is 1. The molecule has 5 N–H and O–H groups in total. The van der Waals surface area contributed by atoms with Gasteiger partial charge in [-0.25, -0.2) is 0 Å². The normalized spacial score (nSPS) is 17.7. The fraction of sp³-hybridized carbons (Fsp3) is 0.286. The first kappa shape index (κ1) is 28.6. The number of nitrogens with two attached hydrogens (primary N) is 1. The summed E-state index contributed by atoms with van der Waals surface area (Å²) in [5.41, 5.74) is 6.41. The Hall–Kier alpha value is -3.94. The Morgan fingerprint density at radius 3 is 2.61 bits per heavy atom. The van der Waals surface area contributed by atoms with Crippen LogP contribution in [0.2, 0.25) is 0 Å². The molecular formula is C28H27F2N5O4S2. The van der Waals surface area contributed by atoms with Gasteiger partial charge in [-0.3, -0.25) is 19.8 Å². The quantitative estimate of drug-likeness (QED) is 0.169. The molecule has 3 amide bonds. The van der Waals surface area contributed by atoms with E-state index in [1.807, 2.05) is 30.3 Å². The van der Waals surface area contributed by atoms with Crippen molar-refractivity contribution >= 4 is 66.4 Å². The highest BCUT2D eigenvalue weighted by atomic mass is 32.1. The van der Waals surface area contributed by atoms with E-state index in [-0.39, 0.29) is 18.8 Å². The van der Waals surface area contributed by atoms with Crippen LogP contribution in [0, 0.1) is 5.41 Å². The summed E-state index contributed by atoms with van der Waals surface area (Å²) in [6, 6.07) is 13.3. The van der Waals surface area contributed by atoms with Crippen molar-refractivity contribution in [2.75, 3.05) is 13.1 Å². The summed E-state index contributed by atoms with van der Waals surface area (Å²) < 4.78 is 32.7. The third-order valence-corrected chi connectivity index (χ3v) is 9.20. The Labute approximate surface area is 241 Å². The lowest BCUT2D eigenvalue weighted by Gasteiger charge is -2.25. The van der Waals surface area contributed by atoms with E-state index in [4.69, 9.17) is 11.1 Å². The number of ether oxygens (including phenoxy) is 1. The molecule has 1 aliphatic heterocycles. The number of carbonyl (C=O) groups is 3. The number of benzene rings is 2. The van der Waals surface area contributed by atoms with E-state index in [1.54, 1.807) is 41.8 Å². The largest absolute Gasteiger partial charge is 0.384 e. The second kappa shape index (κ2) is 11.9. The maximum atomic E-state index is 13.2. The molecule has 9 nitrogen and oxygen atoms in total. The van der Waals surface area contributed by atoms with E-state index in [1.165, 1.54) is 16.2 Å². The highest BCUT2D eigenvalue weighted by molar-refractivity contribution is 7.25. The molecule has 4 aromatic rings. The number of carbonyl (C=O) groups excluding carboxylic acids is 3. The van der Waals surface area contributed by atoms with E-state index in [0.717, 1.165) is 25.0 Å². The molecule has 0 radical (unpaired) electrons. The lowest BCUT2D eigenvalue weighted by Crippen LogP contribution is -2.49. The van der Waals surface area contributed by atoms with Gasteiger partial charge in [0.2, 0.25) is 11.8 Å². The molecule has 3 heterocycles. The summed E-state index contributed by atoms with van der Waals surface area (Å²) in [4.78, 5) is 41.2. The fourth-order valence-corrected chi connectivity index (χ4v) is 6.90. The first-order chi connectivity index (χ1) is 19.6. The van der Waals surface area contributed by atoms with Gasteiger partial charge in [-0.05, 0) is 37.3 Å². The van der Waals surface area contributed by atoms with Crippen LogP contribution >= 0.6 is 22.7 Å². The molecule has 5 rings (SSSR count). The molecular weight excluding hydrogens is 572 g/mol. The number of alkyl halides is 2. The van der Waals surface area contributed by atoms with Crippen LogP contribution in [0.5, 0.6) is 0 Å². The molecule has 214 valence electrons. The van der Waals surface area contributed by atoms with Crippen molar-refractivity contribution in [2.24, 2.45) is 5.73 Å². The van der Waals surface area contributed by atoms with Crippen molar-refractivity contribution < 1.29 is 27.9 Å². The van der Waals surface area contributed by atoms with Gasteiger partial charge in [0, 0.05) is 54.5 Å². The van der Waals surface area contributed by atoms with Gasteiger partial charge in [0.15, 0.2) is 0 Å². The maximum Gasteiger partial charge on any atom is 0.345 e. The van der Waals surface area contributed by atoms with Crippen LogP contribution in [0.25, 0.3) is 20.2 Å². The molecule has 1 fully saturated rings. The summed E-state index contributed by atoms with van der Waals surface area (Å²) in [6.45, 7) is -1.97. The first-order valence-electron chi connectivity index (χ1n) is 12.8. The Morgan fingerprint density at radius 2 is 1.88 bits per heavy atom. The minimum atomic E-state index is -3.06. The SMILES string of the molecule is CC(NC(=O)[C@@H]1C[C@@H](OC(F)F)CN1C(=O)CNC(=O)c1ccc2sc3ccccc3c2c1)c1cc(C(=N)N)cs1. The van der Waals surface area contributed by atoms with E-state index < -0.39 is 49.1 Å². The number of nitrogens with one attached hydrogen (secondary N) is 3. The maximum absolute atomic E-state index is 13.2. The van der Waals surface area contributed by atoms with Gasteiger partial charge in [0.1, 0.15) is 11.9 Å². The smallest absolute Gasteiger partial charge is 0.345 e. The number of halogens is 2. The highest BCUT2D eigenvalue weighted by Gasteiger charge is 2.41. The number of nitrogens with zero attached hydrogens (tertiary/aromatic N) is 1. The Morgan fingerprint density at radius 1 is 1.12 bits per heavy atom. The van der Waals surface area contributed by atoms with Crippen molar-refractivity contribution in [2.45, 2.75) is 38.1 Å². The van der Waals surface area contributed by atoms with Crippen LogP contribution in [0.15, 0.2) is 53.9 Å². The first-order valence-corrected chi connectivity index (χ1v) is 14.5. The number of hydrogen-bond donors (Lipinski definition) is 4. The Bertz CT molecular complexity index is 1640. The predicted octanol–water partition coefficient (Wildman–Crippen LogP) is 4.22. The number of fused-ring (bicyclic) bond motifs is 3. The van der Waals surface area contributed by atoms with Crippen molar-refractivity contribution in [3.63, 3.8) is 0 Å². The minimum absolute atomic E-state index is 0.101. The molecule has 1 aliphatic rings. The van der Waals surface area contributed by atoms with Crippen molar-refractivity contribution in [3.8, 4) is 0 Å². The number of amidine groups is 1. The fourth-order valence-electron chi connectivity index (χ4n) is 4.89. The van der Waals surface area contributed by atoms with Crippen LogP contribution in [-0.2, 0) is 14.3 Å². The van der Waals surface area contributed by atoms with Gasteiger partial charge in [0.25, 0.3) is 5.91 Å². The van der Waals surface area contributed by atoms with Crippen molar-refractivity contribution in [3.05, 3.63) is 69.9 Å².